The number of halogens is 1. The van der Waals surface area contributed by atoms with Crippen LogP contribution in [0, 0.1) is 34.5 Å². The number of carbonyl (C=O) groups is 2. The summed E-state index contributed by atoms with van der Waals surface area (Å²) in [6, 6.07) is 6.01. The van der Waals surface area contributed by atoms with Gasteiger partial charge in [0, 0.05) is 5.41 Å². The lowest BCUT2D eigenvalue weighted by Crippen LogP contribution is -2.53. The van der Waals surface area contributed by atoms with Gasteiger partial charge in [-0.2, -0.15) is 5.26 Å². The maximum absolute atomic E-state index is 12.9. The normalized spacial score (nSPS) is 35.7. The van der Waals surface area contributed by atoms with Crippen molar-refractivity contribution in [1.29, 1.82) is 5.26 Å². The summed E-state index contributed by atoms with van der Waals surface area (Å²) in [5.74, 6) is -0.881. The van der Waals surface area contributed by atoms with Gasteiger partial charge in [0.1, 0.15) is 12.0 Å². The van der Waals surface area contributed by atoms with Crippen LogP contribution < -0.4 is 0 Å². The predicted molar refractivity (Wildman–Crippen MR) is 96.9 cm³/mol. The fourth-order valence-electron chi connectivity index (χ4n) is 5.98. The van der Waals surface area contributed by atoms with Crippen LogP contribution in [0.15, 0.2) is 12.1 Å². The second-order valence-corrected chi connectivity index (χ2v) is 8.69. The molecule has 4 rings (SSSR count). The van der Waals surface area contributed by atoms with Crippen LogP contribution in [0.2, 0.25) is 5.02 Å². The Bertz CT molecular complexity index is 842. The Labute approximate surface area is 158 Å². The van der Waals surface area contributed by atoms with E-state index in [2.05, 4.69) is 6.07 Å². The lowest BCUT2D eigenvalue weighted by Gasteiger charge is -2.54. The summed E-state index contributed by atoms with van der Waals surface area (Å²) in [5, 5.41) is 19.2. The Hall–Kier alpha value is -1.86. The largest absolute Gasteiger partial charge is 0.481 e. The number of rotatable bonds is 1. The van der Waals surface area contributed by atoms with E-state index in [1.54, 1.807) is 0 Å². The van der Waals surface area contributed by atoms with Crippen molar-refractivity contribution in [2.45, 2.75) is 51.4 Å². The van der Waals surface area contributed by atoms with Gasteiger partial charge in [-0.25, -0.2) is 0 Å². The number of carbonyl (C=O) groups excluding carboxylic acids is 1. The number of carboxylic acids is 1. The first-order chi connectivity index (χ1) is 12.4. The van der Waals surface area contributed by atoms with E-state index in [0.717, 1.165) is 37.7 Å². The average molecular weight is 372 g/mol. The highest BCUT2D eigenvalue weighted by atomic mass is 35.5. The number of hydrogen-bond donors (Lipinski definition) is 1. The van der Waals surface area contributed by atoms with Crippen molar-refractivity contribution < 1.29 is 14.7 Å². The molecule has 0 saturated heterocycles. The lowest BCUT2D eigenvalue weighted by molar-refractivity contribution is -0.158. The number of ketones is 1. The molecule has 1 aromatic rings. The minimum absolute atomic E-state index is 0.0663. The van der Waals surface area contributed by atoms with Crippen LogP contribution in [0.4, 0.5) is 0 Å². The Morgan fingerprint density at radius 2 is 2.08 bits per heavy atom. The van der Waals surface area contributed by atoms with Crippen LogP contribution in [0.25, 0.3) is 0 Å². The van der Waals surface area contributed by atoms with E-state index < -0.39 is 17.3 Å². The second kappa shape index (κ2) is 6.09. The van der Waals surface area contributed by atoms with Gasteiger partial charge in [0.15, 0.2) is 5.78 Å². The van der Waals surface area contributed by atoms with E-state index in [1.165, 1.54) is 5.56 Å². The number of aliphatic carboxylic acids is 1. The second-order valence-electron chi connectivity index (χ2n) is 8.31. The minimum atomic E-state index is -0.971. The molecule has 0 radical (unpaired) electrons. The minimum Gasteiger partial charge on any atom is -0.481 e. The molecule has 26 heavy (non-hydrogen) atoms. The standard InChI is InChI=1S/C21H22ClNO3/c1-21-9-8-13-12-3-2-11(10-23)18(22)15(12)5-4-14(13)17(21)7-6-16(19(21)24)20(25)26/h2-3,13-14,16-17H,4-9H2,1H3,(H,25,26)/t13?,14?,16?,17?,21-/m0/s1. The van der Waals surface area contributed by atoms with E-state index in [-0.39, 0.29) is 11.7 Å². The summed E-state index contributed by atoms with van der Waals surface area (Å²) in [7, 11) is 0. The van der Waals surface area contributed by atoms with E-state index in [1.807, 2.05) is 19.1 Å². The topological polar surface area (TPSA) is 78.2 Å². The van der Waals surface area contributed by atoms with Gasteiger partial charge in [0.25, 0.3) is 0 Å². The molecule has 1 aromatic carbocycles. The first-order valence-electron chi connectivity index (χ1n) is 9.37. The van der Waals surface area contributed by atoms with Crippen LogP contribution in [0.1, 0.15) is 61.6 Å². The van der Waals surface area contributed by atoms with Gasteiger partial charge in [0.05, 0.1) is 10.6 Å². The highest BCUT2D eigenvalue weighted by molar-refractivity contribution is 6.32. The summed E-state index contributed by atoms with van der Waals surface area (Å²) < 4.78 is 0. The van der Waals surface area contributed by atoms with E-state index >= 15 is 0 Å². The molecule has 2 saturated carbocycles. The molecule has 4 nitrogen and oxygen atoms in total. The molecule has 3 aliphatic carbocycles. The average Bonchev–Trinajstić information content (AvgIpc) is 2.62. The molecule has 0 aliphatic heterocycles. The zero-order valence-corrected chi connectivity index (χ0v) is 15.6. The Kier molecular flexibility index (Phi) is 4.11. The van der Waals surface area contributed by atoms with Crippen molar-refractivity contribution >= 4 is 23.4 Å². The third-order valence-electron chi connectivity index (χ3n) is 7.30. The maximum Gasteiger partial charge on any atom is 0.314 e. The zero-order valence-electron chi connectivity index (χ0n) is 14.8. The molecule has 4 unspecified atom stereocenters. The summed E-state index contributed by atoms with van der Waals surface area (Å²) >= 11 is 6.46. The third kappa shape index (κ3) is 2.33. The highest BCUT2D eigenvalue weighted by Crippen LogP contribution is 2.59. The summed E-state index contributed by atoms with van der Waals surface area (Å²) in [4.78, 5) is 24.4. The summed E-state index contributed by atoms with van der Waals surface area (Å²) in [5.41, 5.74) is 2.35. The number of nitrogens with zero attached hydrogens (tertiary/aromatic N) is 1. The van der Waals surface area contributed by atoms with Crippen molar-refractivity contribution in [2.24, 2.45) is 23.2 Å². The van der Waals surface area contributed by atoms with Crippen molar-refractivity contribution in [3.63, 3.8) is 0 Å². The molecule has 2 fully saturated rings. The lowest BCUT2D eigenvalue weighted by atomic mass is 9.49. The molecular weight excluding hydrogens is 350 g/mol. The number of benzene rings is 1. The van der Waals surface area contributed by atoms with E-state index in [4.69, 9.17) is 11.6 Å². The molecule has 136 valence electrons. The van der Waals surface area contributed by atoms with Gasteiger partial charge in [0.2, 0.25) is 0 Å². The first-order valence-corrected chi connectivity index (χ1v) is 9.74. The summed E-state index contributed by atoms with van der Waals surface area (Å²) in [6.07, 6.45) is 4.66. The molecule has 1 N–H and O–H groups in total. The third-order valence-corrected chi connectivity index (χ3v) is 7.73. The predicted octanol–water partition coefficient (Wildman–Crippen LogP) is 4.34. The highest BCUT2D eigenvalue weighted by Gasteiger charge is 2.56. The molecule has 0 spiro atoms. The van der Waals surface area contributed by atoms with Crippen LogP contribution in [-0.2, 0) is 16.0 Å². The zero-order chi connectivity index (χ0) is 18.6. The number of carboxylic acid groups (broad SMARTS) is 1. The van der Waals surface area contributed by atoms with Crippen LogP contribution in [0.3, 0.4) is 0 Å². The Morgan fingerprint density at radius 1 is 1.31 bits per heavy atom. The number of fused-ring (bicyclic) bond motifs is 5. The van der Waals surface area contributed by atoms with Gasteiger partial charge < -0.3 is 5.11 Å². The van der Waals surface area contributed by atoms with Crippen molar-refractivity contribution in [2.75, 3.05) is 0 Å². The fraction of sp³-hybridized carbons (Fsp3) is 0.571. The molecule has 5 atom stereocenters. The fourth-order valence-corrected chi connectivity index (χ4v) is 6.29. The smallest absolute Gasteiger partial charge is 0.314 e. The number of nitriles is 1. The van der Waals surface area contributed by atoms with E-state index in [9.17, 15) is 20.0 Å². The Morgan fingerprint density at radius 3 is 2.77 bits per heavy atom. The maximum atomic E-state index is 12.9. The first kappa shape index (κ1) is 17.5. The Balaban J connectivity index is 1.70. The van der Waals surface area contributed by atoms with Crippen LogP contribution in [0.5, 0.6) is 0 Å². The molecule has 0 heterocycles. The molecule has 3 aliphatic rings. The molecule has 0 amide bonds. The SMILES string of the molecule is C[C@]12CCC3c4ccc(C#N)c(Cl)c4CCC3C1CCC(C(=O)O)C2=O. The summed E-state index contributed by atoms with van der Waals surface area (Å²) in [6.45, 7) is 1.99. The van der Waals surface area contributed by atoms with Crippen molar-refractivity contribution in [3.05, 3.63) is 33.8 Å². The molecule has 0 aromatic heterocycles. The quantitative estimate of drug-likeness (QED) is 0.745. The number of hydrogen-bond acceptors (Lipinski definition) is 3. The van der Waals surface area contributed by atoms with E-state index in [0.29, 0.717) is 28.8 Å². The van der Waals surface area contributed by atoms with Gasteiger partial charge in [-0.05, 0) is 73.5 Å². The van der Waals surface area contributed by atoms with Crippen molar-refractivity contribution in [1.82, 2.24) is 0 Å². The van der Waals surface area contributed by atoms with Gasteiger partial charge in [-0.1, -0.05) is 24.6 Å². The molecule has 0 bridgehead atoms. The van der Waals surface area contributed by atoms with Crippen LogP contribution in [-0.4, -0.2) is 16.9 Å². The van der Waals surface area contributed by atoms with Crippen LogP contribution >= 0.6 is 11.6 Å². The van der Waals surface area contributed by atoms with Crippen molar-refractivity contribution in [3.8, 4) is 6.07 Å². The van der Waals surface area contributed by atoms with Gasteiger partial charge in [-0.3, -0.25) is 9.59 Å². The molecule has 5 heteroatoms. The molecular formula is C21H22ClNO3. The number of Topliss-reactive ketones (excluding diaryl/α,β-unsaturated/α-hetero) is 1. The van der Waals surface area contributed by atoms with Gasteiger partial charge >= 0.3 is 5.97 Å². The monoisotopic (exact) mass is 371 g/mol. The van der Waals surface area contributed by atoms with Gasteiger partial charge in [-0.15, -0.1) is 0 Å².